The third-order valence-electron chi connectivity index (χ3n) is 2.12. The molecule has 0 heterocycles. The minimum atomic E-state index is 0.0365. The van der Waals surface area contributed by atoms with E-state index >= 15 is 0 Å². The van der Waals surface area contributed by atoms with Crippen molar-refractivity contribution in [2.75, 3.05) is 0 Å². The first kappa shape index (κ1) is 6.05. The lowest BCUT2D eigenvalue weighted by atomic mass is 10.2. The van der Waals surface area contributed by atoms with E-state index in [0.717, 1.165) is 6.42 Å². The SMILES string of the molecule is CCC1CC1(C)ON. The first-order valence-corrected chi connectivity index (χ1v) is 3.11. The molecule has 2 nitrogen and oxygen atoms in total. The maximum absolute atomic E-state index is 5.03. The third kappa shape index (κ3) is 0.740. The molecule has 0 aromatic carbocycles. The van der Waals surface area contributed by atoms with E-state index < -0.39 is 0 Å². The fourth-order valence-corrected chi connectivity index (χ4v) is 1.15. The van der Waals surface area contributed by atoms with Gasteiger partial charge in [-0.25, -0.2) is 5.90 Å². The van der Waals surface area contributed by atoms with Crippen LogP contribution in [0, 0.1) is 5.92 Å². The number of hydrogen-bond acceptors (Lipinski definition) is 2. The molecule has 0 aromatic rings. The van der Waals surface area contributed by atoms with E-state index in [4.69, 9.17) is 10.7 Å². The van der Waals surface area contributed by atoms with Crippen molar-refractivity contribution in [1.29, 1.82) is 0 Å². The van der Waals surface area contributed by atoms with E-state index in [-0.39, 0.29) is 5.60 Å². The van der Waals surface area contributed by atoms with E-state index in [0.29, 0.717) is 5.92 Å². The Morgan fingerprint density at radius 2 is 2.50 bits per heavy atom. The molecular weight excluding hydrogens is 102 g/mol. The molecule has 48 valence electrons. The molecule has 1 rings (SSSR count). The van der Waals surface area contributed by atoms with Gasteiger partial charge < -0.3 is 0 Å². The van der Waals surface area contributed by atoms with Gasteiger partial charge in [0.2, 0.25) is 0 Å². The van der Waals surface area contributed by atoms with Gasteiger partial charge in [-0.05, 0) is 19.3 Å². The quantitative estimate of drug-likeness (QED) is 0.546. The van der Waals surface area contributed by atoms with Gasteiger partial charge in [-0.3, -0.25) is 4.84 Å². The highest BCUT2D eigenvalue weighted by molar-refractivity contribution is 4.99. The normalized spacial score (nSPS) is 44.6. The van der Waals surface area contributed by atoms with Crippen LogP contribution in [0.2, 0.25) is 0 Å². The minimum absolute atomic E-state index is 0.0365. The average molecular weight is 115 g/mol. The molecule has 0 aromatic heterocycles. The van der Waals surface area contributed by atoms with Gasteiger partial charge >= 0.3 is 0 Å². The monoisotopic (exact) mass is 115 g/mol. The van der Waals surface area contributed by atoms with Crippen LogP contribution in [0.15, 0.2) is 0 Å². The lowest BCUT2D eigenvalue weighted by Gasteiger charge is -2.04. The second kappa shape index (κ2) is 1.71. The van der Waals surface area contributed by atoms with Gasteiger partial charge in [-0.15, -0.1) is 0 Å². The standard InChI is InChI=1S/C6H13NO/c1-3-5-4-6(5,2)8-7/h5H,3-4,7H2,1-2H3. The molecule has 0 amide bonds. The molecule has 2 N–H and O–H groups in total. The Morgan fingerprint density at radius 3 is 2.62 bits per heavy atom. The highest BCUT2D eigenvalue weighted by atomic mass is 16.6. The van der Waals surface area contributed by atoms with Crippen LogP contribution in [0.3, 0.4) is 0 Å². The number of hydrogen-bond donors (Lipinski definition) is 1. The predicted octanol–water partition coefficient (Wildman–Crippen LogP) is 1.07. The highest BCUT2D eigenvalue weighted by Gasteiger charge is 2.49. The highest BCUT2D eigenvalue weighted by Crippen LogP contribution is 2.47. The first-order valence-electron chi connectivity index (χ1n) is 3.11. The van der Waals surface area contributed by atoms with E-state index in [1.165, 1.54) is 6.42 Å². The summed E-state index contributed by atoms with van der Waals surface area (Å²) in [6.45, 7) is 4.22. The largest absolute Gasteiger partial charge is 0.298 e. The lowest BCUT2D eigenvalue weighted by Crippen LogP contribution is -2.16. The van der Waals surface area contributed by atoms with Gasteiger partial charge in [0.1, 0.15) is 0 Å². The van der Waals surface area contributed by atoms with Crippen LogP contribution in [0.4, 0.5) is 0 Å². The second-order valence-corrected chi connectivity index (χ2v) is 2.74. The maximum Gasteiger partial charge on any atom is 0.0898 e. The van der Waals surface area contributed by atoms with E-state index in [2.05, 4.69) is 13.8 Å². The van der Waals surface area contributed by atoms with Gasteiger partial charge in [0.25, 0.3) is 0 Å². The van der Waals surface area contributed by atoms with Crippen molar-refractivity contribution in [2.24, 2.45) is 11.8 Å². The molecule has 8 heavy (non-hydrogen) atoms. The number of nitrogens with two attached hydrogens (primary N) is 1. The van der Waals surface area contributed by atoms with Crippen molar-refractivity contribution in [2.45, 2.75) is 32.3 Å². The second-order valence-electron chi connectivity index (χ2n) is 2.74. The van der Waals surface area contributed by atoms with Gasteiger partial charge in [-0.1, -0.05) is 13.3 Å². The van der Waals surface area contributed by atoms with Gasteiger partial charge in [0.05, 0.1) is 5.60 Å². The summed E-state index contributed by atoms with van der Waals surface area (Å²) in [5.74, 6) is 5.75. The summed E-state index contributed by atoms with van der Waals surface area (Å²) in [6, 6.07) is 0. The van der Waals surface area contributed by atoms with Crippen molar-refractivity contribution in [3.05, 3.63) is 0 Å². The summed E-state index contributed by atoms with van der Waals surface area (Å²) >= 11 is 0. The summed E-state index contributed by atoms with van der Waals surface area (Å²) < 4.78 is 0. The topological polar surface area (TPSA) is 35.2 Å². The molecule has 1 aliphatic rings. The maximum atomic E-state index is 5.03. The molecule has 0 radical (unpaired) electrons. The molecule has 0 aliphatic heterocycles. The van der Waals surface area contributed by atoms with Crippen molar-refractivity contribution in [3.8, 4) is 0 Å². The molecule has 0 saturated heterocycles. The molecule has 2 atom stereocenters. The Balaban J connectivity index is 2.31. The van der Waals surface area contributed by atoms with Gasteiger partial charge in [0.15, 0.2) is 0 Å². The van der Waals surface area contributed by atoms with E-state index in [9.17, 15) is 0 Å². The Hall–Kier alpha value is -0.0800. The van der Waals surface area contributed by atoms with E-state index in [1.54, 1.807) is 0 Å². The average Bonchev–Trinajstić information content (AvgIpc) is 2.44. The van der Waals surface area contributed by atoms with Gasteiger partial charge in [-0.2, -0.15) is 0 Å². The van der Waals surface area contributed by atoms with Crippen LogP contribution in [-0.4, -0.2) is 5.60 Å². The van der Waals surface area contributed by atoms with Gasteiger partial charge in [0, 0.05) is 0 Å². The van der Waals surface area contributed by atoms with Crippen LogP contribution in [0.25, 0.3) is 0 Å². The first-order chi connectivity index (χ1) is 3.73. The summed E-state index contributed by atoms with van der Waals surface area (Å²) in [5.41, 5.74) is 0.0365. The summed E-state index contributed by atoms with van der Waals surface area (Å²) in [4.78, 5) is 4.75. The van der Waals surface area contributed by atoms with Crippen molar-refractivity contribution in [1.82, 2.24) is 0 Å². The Morgan fingerprint density at radius 1 is 1.88 bits per heavy atom. The Bertz CT molecular complexity index is 94.5. The summed E-state index contributed by atoms with van der Waals surface area (Å²) in [7, 11) is 0. The van der Waals surface area contributed by atoms with Crippen molar-refractivity contribution >= 4 is 0 Å². The predicted molar refractivity (Wildman–Crippen MR) is 32.1 cm³/mol. The zero-order valence-corrected chi connectivity index (χ0v) is 5.48. The Labute approximate surface area is 50.0 Å². The smallest absolute Gasteiger partial charge is 0.0898 e. The molecular formula is C6H13NO. The molecule has 0 bridgehead atoms. The van der Waals surface area contributed by atoms with Crippen LogP contribution >= 0.6 is 0 Å². The molecule has 0 spiro atoms. The molecule has 1 aliphatic carbocycles. The molecule has 1 fully saturated rings. The zero-order valence-electron chi connectivity index (χ0n) is 5.48. The molecule has 2 unspecified atom stereocenters. The summed E-state index contributed by atoms with van der Waals surface area (Å²) in [6.07, 6.45) is 2.33. The lowest BCUT2D eigenvalue weighted by molar-refractivity contribution is 0.0331. The van der Waals surface area contributed by atoms with Crippen LogP contribution in [-0.2, 0) is 4.84 Å². The van der Waals surface area contributed by atoms with Crippen molar-refractivity contribution < 1.29 is 4.84 Å². The zero-order chi connectivity index (χ0) is 6.20. The minimum Gasteiger partial charge on any atom is -0.298 e. The molecule has 1 saturated carbocycles. The third-order valence-corrected chi connectivity index (χ3v) is 2.12. The van der Waals surface area contributed by atoms with E-state index in [1.807, 2.05) is 0 Å². The van der Waals surface area contributed by atoms with Crippen molar-refractivity contribution in [3.63, 3.8) is 0 Å². The molecule has 2 heteroatoms. The summed E-state index contributed by atoms with van der Waals surface area (Å²) in [5, 5.41) is 0. The van der Waals surface area contributed by atoms with Crippen LogP contribution in [0.1, 0.15) is 26.7 Å². The Kier molecular flexibility index (Phi) is 1.29. The van der Waals surface area contributed by atoms with Crippen LogP contribution in [0.5, 0.6) is 0 Å². The van der Waals surface area contributed by atoms with Crippen LogP contribution < -0.4 is 5.90 Å². The fourth-order valence-electron chi connectivity index (χ4n) is 1.15. The number of rotatable bonds is 2. The fraction of sp³-hybridized carbons (Fsp3) is 1.00.